The second-order valence-electron chi connectivity index (χ2n) is 10.6. The van der Waals surface area contributed by atoms with Crippen LogP contribution in [0.2, 0.25) is 0 Å². The van der Waals surface area contributed by atoms with Gasteiger partial charge in [0.1, 0.15) is 0 Å². The number of hydrogen-bond donors (Lipinski definition) is 1. The van der Waals surface area contributed by atoms with Gasteiger partial charge in [0.25, 0.3) is 0 Å². The summed E-state index contributed by atoms with van der Waals surface area (Å²) in [7, 11) is 1.85. The van der Waals surface area contributed by atoms with E-state index in [0.29, 0.717) is 22.4 Å². The van der Waals surface area contributed by atoms with Crippen LogP contribution in [0.15, 0.2) is 85.1 Å². The summed E-state index contributed by atoms with van der Waals surface area (Å²) in [5.74, 6) is -0.0295. The molecule has 1 saturated heterocycles. The number of hydrogen-bond acceptors (Lipinski definition) is 5. The zero-order valence-electron chi connectivity index (χ0n) is 23.0. The first-order valence-electron chi connectivity index (χ1n) is 13.7. The van der Waals surface area contributed by atoms with Gasteiger partial charge in [0.2, 0.25) is 0 Å². The fraction of sp³-hybridized carbons (Fsp3) is 0.265. The molecule has 0 aliphatic carbocycles. The second-order valence-corrected chi connectivity index (χ2v) is 10.6. The number of carbonyl (C=O) groups excluding carboxylic acids is 3. The zero-order valence-corrected chi connectivity index (χ0v) is 23.0. The number of benzene rings is 3. The van der Waals surface area contributed by atoms with E-state index >= 15 is 0 Å². The minimum absolute atomic E-state index is 0.0330. The van der Waals surface area contributed by atoms with Crippen LogP contribution in [0.5, 0.6) is 0 Å². The summed E-state index contributed by atoms with van der Waals surface area (Å²) in [6.07, 6.45) is 3.69. The van der Waals surface area contributed by atoms with Crippen molar-refractivity contribution in [3.63, 3.8) is 0 Å². The number of rotatable bonds is 9. The average molecular weight is 535 g/mol. The Kier molecular flexibility index (Phi) is 8.08. The molecule has 2 heterocycles. The molecule has 0 radical (unpaired) electrons. The summed E-state index contributed by atoms with van der Waals surface area (Å²) < 4.78 is 1.80. The lowest BCUT2D eigenvalue weighted by molar-refractivity contribution is 0.0979. The number of piperidine rings is 1. The number of aryl methyl sites for hydroxylation is 2. The molecule has 5 rings (SSSR count). The van der Waals surface area contributed by atoms with E-state index in [0.717, 1.165) is 48.3 Å². The number of Topliss-reactive ketones (excluding diaryl/α,β-unsaturated/α-hetero) is 2. The predicted molar refractivity (Wildman–Crippen MR) is 156 cm³/mol. The number of carbonyl (C=O) groups is 3. The molecule has 6 heteroatoms. The first kappa shape index (κ1) is 27.3. The van der Waals surface area contributed by atoms with E-state index in [1.165, 1.54) is 0 Å². The molecular weight excluding hydrogens is 500 g/mol. The van der Waals surface area contributed by atoms with E-state index in [-0.39, 0.29) is 36.3 Å². The first-order valence-corrected chi connectivity index (χ1v) is 13.7. The average Bonchev–Trinajstić information content (AvgIpc) is 3.39. The summed E-state index contributed by atoms with van der Waals surface area (Å²) in [5, 5.41) is 9.76. The Labute approximate surface area is 234 Å². The maximum absolute atomic E-state index is 13.1. The molecule has 1 aliphatic heterocycles. The number of ketones is 3. The minimum Gasteiger partial charge on any atom is -0.393 e. The third kappa shape index (κ3) is 6.13. The molecule has 1 aromatic heterocycles. The SMILES string of the molecule is Cc1cc(N2CCC(O)CC2)ccc1C(=O)Cc1ccc(C(=O)c2ccc(CC(=O)c3cccn3C)cc2)cc1. The monoisotopic (exact) mass is 534 g/mol. The third-order valence-electron chi connectivity index (χ3n) is 7.73. The van der Waals surface area contributed by atoms with E-state index in [9.17, 15) is 19.5 Å². The maximum atomic E-state index is 13.1. The number of aromatic nitrogens is 1. The lowest BCUT2D eigenvalue weighted by atomic mass is 9.96. The third-order valence-corrected chi connectivity index (χ3v) is 7.73. The van der Waals surface area contributed by atoms with E-state index in [1.54, 1.807) is 34.9 Å². The van der Waals surface area contributed by atoms with E-state index in [2.05, 4.69) is 11.0 Å². The van der Waals surface area contributed by atoms with Crippen molar-refractivity contribution in [2.75, 3.05) is 18.0 Å². The molecular formula is C34H34N2O4. The molecule has 0 spiro atoms. The molecule has 0 saturated carbocycles. The van der Waals surface area contributed by atoms with Crippen LogP contribution in [0, 0.1) is 6.92 Å². The standard InChI is InChI=1S/C34H34N2O4/c1-23-20-28(36-18-15-29(37)16-19-36)13-14-30(23)32(38)21-24-5-9-26(10-6-24)34(40)27-11-7-25(8-12-27)22-33(39)31-4-3-17-35(31)2/h3-14,17,20,29,37H,15-16,18-19,21-22H2,1-2H3. The number of aliphatic hydroxyl groups excluding tert-OH is 1. The minimum atomic E-state index is -0.220. The van der Waals surface area contributed by atoms with Crippen LogP contribution in [0.4, 0.5) is 5.69 Å². The Bertz CT molecular complexity index is 1530. The Morgan fingerprint density at radius 3 is 1.90 bits per heavy atom. The first-order chi connectivity index (χ1) is 19.3. The molecule has 3 aromatic carbocycles. The lowest BCUT2D eigenvalue weighted by Gasteiger charge is -2.31. The Morgan fingerprint density at radius 2 is 1.38 bits per heavy atom. The van der Waals surface area contributed by atoms with Crippen molar-refractivity contribution in [3.05, 3.63) is 124 Å². The molecule has 0 atom stereocenters. The molecule has 0 unspecified atom stereocenters. The van der Waals surface area contributed by atoms with E-state index < -0.39 is 0 Å². The zero-order chi connectivity index (χ0) is 28.2. The van der Waals surface area contributed by atoms with Gasteiger partial charge in [0.15, 0.2) is 17.3 Å². The summed E-state index contributed by atoms with van der Waals surface area (Å²) >= 11 is 0. The van der Waals surface area contributed by atoms with Gasteiger partial charge >= 0.3 is 0 Å². The Balaban J connectivity index is 1.19. The van der Waals surface area contributed by atoms with Crippen molar-refractivity contribution in [2.45, 2.75) is 38.7 Å². The maximum Gasteiger partial charge on any atom is 0.193 e. The van der Waals surface area contributed by atoms with Gasteiger partial charge in [-0.15, -0.1) is 0 Å². The van der Waals surface area contributed by atoms with Crippen LogP contribution < -0.4 is 4.90 Å². The summed E-state index contributed by atoms with van der Waals surface area (Å²) in [5.41, 5.74) is 6.19. The van der Waals surface area contributed by atoms with Crippen molar-refractivity contribution >= 4 is 23.0 Å². The summed E-state index contributed by atoms with van der Waals surface area (Å²) in [6.45, 7) is 3.59. The van der Waals surface area contributed by atoms with Gasteiger partial charge in [0, 0.05) is 61.6 Å². The van der Waals surface area contributed by atoms with Crippen molar-refractivity contribution in [1.82, 2.24) is 4.57 Å². The van der Waals surface area contributed by atoms with Gasteiger partial charge in [-0.25, -0.2) is 0 Å². The quantitative estimate of drug-likeness (QED) is 0.292. The van der Waals surface area contributed by atoms with Gasteiger partial charge in [-0.05, 0) is 66.8 Å². The van der Waals surface area contributed by atoms with E-state index in [1.807, 2.05) is 62.6 Å². The largest absolute Gasteiger partial charge is 0.393 e. The lowest BCUT2D eigenvalue weighted by Crippen LogP contribution is -2.35. The highest BCUT2D eigenvalue weighted by Gasteiger charge is 2.19. The normalized spacial score (nSPS) is 13.8. The van der Waals surface area contributed by atoms with Crippen LogP contribution >= 0.6 is 0 Å². The molecule has 4 aromatic rings. The van der Waals surface area contributed by atoms with Crippen LogP contribution in [0.25, 0.3) is 0 Å². The highest BCUT2D eigenvalue weighted by molar-refractivity contribution is 6.09. The predicted octanol–water partition coefficient (Wildman–Crippen LogP) is 5.38. The number of aliphatic hydroxyl groups is 1. The van der Waals surface area contributed by atoms with Crippen molar-refractivity contribution in [1.29, 1.82) is 0 Å². The smallest absolute Gasteiger partial charge is 0.193 e. The van der Waals surface area contributed by atoms with Crippen molar-refractivity contribution in [2.24, 2.45) is 7.05 Å². The molecule has 0 amide bonds. The molecule has 204 valence electrons. The van der Waals surface area contributed by atoms with Crippen molar-refractivity contribution in [3.8, 4) is 0 Å². The van der Waals surface area contributed by atoms with Crippen LogP contribution in [0.3, 0.4) is 0 Å². The molecule has 1 N–H and O–H groups in total. The fourth-order valence-electron chi connectivity index (χ4n) is 5.30. The highest BCUT2D eigenvalue weighted by Crippen LogP contribution is 2.24. The van der Waals surface area contributed by atoms with Gasteiger partial charge in [0.05, 0.1) is 11.8 Å². The van der Waals surface area contributed by atoms with Crippen LogP contribution in [-0.4, -0.2) is 46.2 Å². The van der Waals surface area contributed by atoms with Crippen LogP contribution in [0.1, 0.15) is 66.3 Å². The number of nitrogens with zero attached hydrogens (tertiary/aromatic N) is 2. The van der Waals surface area contributed by atoms with Gasteiger partial charge in [-0.1, -0.05) is 48.5 Å². The molecule has 40 heavy (non-hydrogen) atoms. The second kappa shape index (κ2) is 11.8. The Morgan fingerprint density at radius 1 is 0.800 bits per heavy atom. The van der Waals surface area contributed by atoms with Crippen LogP contribution in [-0.2, 0) is 19.9 Å². The van der Waals surface area contributed by atoms with Gasteiger partial charge in [-0.2, -0.15) is 0 Å². The summed E-state index contributed by atoms with van der Waals surface area (Å²) in [4.78, 5) is 40.9. The van der Waals surface area contributed by atoms with E-state index in [4.69, 9.17) is 0 Å². The molecule has 1 fully saturated rings. The topological polar surface area (TPSA) is 79.6 Å². The molecule has 1 aliphatic rings. The Hall–Kier alpha value is -4.29. The highest BCUT2D eigenvalue weighted by atomic mass is 16.3. The number of anilines is 1. The summed E-state index contributed by atoms with van der Waals surface area (Å²) in [6, 6.07) is 23.9. The van der Waals surface area contributed by atoms with Gasteiger partial charge in [-0.3, -0.25) is 14.4 Å². The fourth-order valence-corrected chi connectivity index (χ4v) is 5.30. The molecule has 0 bridgehead atoms. The van der Waals surface area contributed by atoms with Crippen molar-refractivity contribution < 1.29 is 19.5 Å². The molecule has 6 nitrogen and oxygen atoms in total. The van der Waals surface area contributed by atoms with Gasteiger partial charge < -0.3 is 14.6 Å².